The molecule has 0 aromatic heterocycles. The number of carbonyl (C=O) groups excluding carboxylic acids is 1. The lowest BCUT2D eigenvalue weighted by Crippen LogP contribution is -2.26. The van der Waals surface area contributed by atoms with Gasteiger partial charge in [0.1, 0.15) is 12.3 Å². The van der Waals surface area contributed by atoms with Crippen LogP contribution in [0.1, 0.15) is 16.7 Å². The van der Waals surface area contributed by atoms with E-state index in [2.05, 4.69) is 6.07 Å². The molecular formula is C21H19N3O3S. The molecule has 1 saturated heterocycles. The minimum atomic E-state index is -0.153. The van der Waals surface area contributed by atoms with Gasteiger partial charge in [-0.1, -0.05) is 24.3 Å². The van der Waals surface area contributed by atoms with E-state index in [1.807, 2.05) is 24.3 Å². The molecule has 6 nitrogen and oxygen atoms in total. The second kappa shape index (κ2) is 8.11. The highest BCUT2D eigenvalue weighted by molar-refractivity contribution is 7.80. The standard InChI is InChI=1S/C21H19N3O3S/c1-23-17(20(25)24(2)21(23)28)10-14-8-9-18(19(11-14)26-3)27-13-16-7-5-4-6-15(16)12-22/h4-11H,13H2,1-3H3/b17-10-. The molecule has 1 amide bonds. The quantitative estimate of drug-likeness (QED) is 0.574. The van der Waals surface area contributed by atoms with Gasteiger partial charge >= 0.3 is 0 Å². The zero-order valence-corrected chi connectivity index (χ0v) is 16.6. The molecule has 0 aliphatic carbocycles. The summed E-state index contributed by atoms with van der Waals surface area (Å²) in [6.45, 7) is 0.251. The molecule has 1 aliphatic heterocycles. The molecule has 0 radical (unpaired) electrons. The number of thiocarbonyl (C=S) groups is 1. The maximum atomic E-state index is 12.3. The van der Waals surface area contributed by atoms with Gasteiger partial charge in [-0.25, -0.2) is 0 Å². The average molecular weight is 393 g/mol. The number of rotatable bonds is 5. The second-order valence-electron chi connectivity index (χ2n) is 6.20. The number of nitriles is 1. The minimum Gasteiger partial charge on any atom is -0.493 e. The largest absolute Gasteiger partial charge is 0.493 e. The van der Waals surface area contributed by atoms with E-state index in [0.29, 0.717) is 27.9 Å². The van der Waals surface area contributed by atoms with E-state index in [0.717, 1.165) is 11.1 Å². The fraction of sp³-hybridized carbons (Fsp3) is 0.190. The SMILES string of the molecule is COc1cc(/C=C2/C(=O)N(C)C(=S)N2C)ccc1OCc1ccccc1C#N. The summed E-state index contributed by atoms with van der Waals surface area (Å²) in [6.07, 6.45) is 1.76. The van der Waals surface area contributed by atoms with Crippen LogP contribution in [0.5, 0.6) is 11.5 Å². The van der Waals surface area contributed by atoms with Gasteiger partial charge in [-0.2, -0.15) is 5.26 Å². The van der Waals surface area contributed by atoms with Crippen LogP contribution >= 0.6 is 12.2 Å². The molecule has 0 N–H and O–H groups in total. The van der Waals surface area contributed by atoms with E-state index < -0.39 is 0 Å². The maximum absolute atomic E-state index is 12.3. The fourth-order valence-electron chi connectivity index (χ4n) is 2.85. The Bertz CT molecular complexity index is 1010. The van der Waals surface area contributed by atoms with Gasteiger partial charge in [0.25, 0.3) is 5.91 Å². The highest BCUT2D eigenvalue weighted by atomic mass is 32.1. The van der Waals surface area contributed by atoms with Gasteiger partial charge in [0.15, 0.2) is 16.6 Å². The first kappa shape index (κ1) is 19.4. The number of benzene rings is 2. The topological polar surface area (TPSA) is 65.8 Å². The van der Waals surface area contributed by atoms with Gasteiger partial charge < -0.3 is 14.4 Å². The molecule has 1 heterocycles. The molecule has 7 heteroatoms. The Kier molecular flexibility index (Phi) is 5.62. The molecule has 1 fully saturated rings. The van der Waals surface area contributed by atoms with Crippen LogP contribution in [0.3, 0.4) is 0 Å². The molecule has 2 aromatic rings. The summed E-state index contributed by atoms with van der Waals surface area (Å²) in [7, 11) is 4.97. The van der Waals surface area contributed by atoms with E-state index in [1.54, 1.807) is 50.4 Å². The summed E-state index contributed by atoms with van der Waals surface area (Å²) in [5.41, 5.74) is 2.65. The van der Waals surface area contributed by atoms with Gasteiger partial charge in [-0.15, -0.1) is 0 Å². The summed E-state index contributed by atoms with van der Waals surface area (Å²) in [6, 6.07) is 14.8. The lowest BCUT2D eigenvalue weighted by atomic mass is 10.1. The third-order valence-corrected chi connectivity index (χ3v) is 5.02. The number of ether oxygens (including phenoxy) is 2. The van der Waals surface area contributed by atoms with Gasteiger partial charge in [0.2, 0.25) is 0 Å². The fourth-order valence-corrected chi connectivity index (χ4v) is 3.03. The van der Waals surface area contributed by atoms with Crippen LogP contribution in [-0.4, -0.2) is 42.0 Å². The van der Waals surface area contributed by atoms with E-state index in [1.165, 1.54) is 4.90 Å². The van der Waals surface area contributed by atoms with Crippen molar-refractivity contribution in [2.45, 2.75) is 6.61 Å². The first-order valence-corrected chi connectivity index (χ1v) is 8.93. The Labute approximate surface area is 169 Å². The van der Waals surface area contributed by atoms with Crippen molar-refractivity contribution in [2.75, 3.05) is 21.2 Å². The van der Waals surface area contributed by atoms with Gasteiger partial charge in [-0.3, -0.25) is 9.69 Å². The highest BCUT2D eigenvalue weighted by Gasteiger charge is 2.32. The zero-order valence-electron chi connectivity index (χ0n) is 15.8. The van der Waals surface area contributed by atoms with E-state index in [9.17, 15) is 10.1 Å². The Balaban J connectivity index is 1.83. The van der Waals surface area contributed by atoms with Crippen molar-refractivity contribution in [1.29, 1.82) is 5.26 Å². The number of methoxy groups -OCH3 is 1. The van der Waals surface area contributed by atoms with Crippen molar-refractivity contribution in [3.05, 3.63) is 64.9 Å². The lowest BCUT2D eigenvalue weighted by molar-refractivity contribution is -0.121. The molecule has 1 aliphatic rings. The summed E-state index contributed by atoms with van der Waals surface area (Å²) in [5, 5.41) is 9.65. The van der Waals surface area contributed by atoms with Gasteiger partial charge in [-0.05, 0) is 42.1 Å². The minimum absolute atomic E-state index is 0.153. The number of hydrogen-bond donors (Lipinski definition) is 0. The van der Waals surface area contributed by atoms with Crippen LogP contribution in [0, 0.1) is 11.3 Å². The number of hydrogen-bond acceptors (Lipinski definition) is 5. The monoisotopic (exact) mass is 393 g/mol. The molecule has 0 spiro atoms. The van der Waals surface area contributed by atoms with Crippen molar-refractivity contribution in [3.63, 3.8) is 0 Å². The van der Waals surface area contributed by atoms with Crippen LogP contribution in [0.4, 0.5) is 0 Å². The summed E-state index contributed by atoms with van der Waals surface area (Å²) < 4.78 is 11.3. The van der Waals surface area contributed by atoms with Crippen LogP contribution in [0.15, 0.2) is 48.2 Å². The summed E-state index contributed by atoms with van der Waals surface area (Å²) in [4.78, 5) is 15.4. The Morgan fingerprint density at radius 2 is 1.89 bits per heavy atom. The molecule has 0 atom stereocenters. The predicted molar refractivity (Wildman–Crippen MR) is 110 cm³/mol. The summed E-state index contributed by atoms with van der Waals surface area (Å²) >= 11 is 5.23. The number of likely N-dealkylation sites (N-methyl/N-ethyl adjacent to an activating group) is 2. The number of nitrogens with zero attached hydrogens (tertiary/aromatic N) is 3. The van der Waals surface area contributed by atoms with Crippen LogP contribution in [0.2, 0.25) is 0 Å². The second-order valence-corrected chi connectivity index (χ2v) is 6.57. The molecule has 28 heavy (non-hydrogen) atoms. The molecule has 0 unspecified atom stereocenters. The van der Waals surface area contributed by atoms with Crippen molar-refractivity contribution < 1.29 is 14.3 Å². The Morgan fingerprint density at radius 3 is 2.54 bits per heavy atom. The first-order chi connectivity index (χ1) is 13.5. The predicted octanol–water partition coefficient (Wildman–Crippen LogP) is 3.18. The molecular weight excluding hydrogens is 374 g/mol. The van der Waals surface area contributed by atoms with Crippen LogP contribution < -0.4 is 9.47 Å². The van der Waals surface area contributed by atoms with Crippen molar-refractivity contribution in [1.82, 2.24) is 9.80 Å². The third-order valence-electron chi connectivity index (χ3n) is 4.47. The average Bonchev–Trinajstić information content (AvgIpc) is 2.90. The zero-order chi connectivity index (χ0) is 20.3. The van der Waals surface area contributed by atoms with Gasteiger partial charge in [0, 0.05) is 19.7 Å². The normalized spacial score (nSPS) is 15.1. The van der Waals surface area contributed by atoms with Crippen molar-refractivity contribution in [3.8, 4) is 17.6 Å². The first-order valence-electron chi connectivity index (χ1n) is 8.52. The number of amides is 1. The Hall–Kier alpha value is -3.37. The molecule has 2 aromatic carbocycles. The molecule has 142 valence electrons. The molecule has 3 rings (SSSR count). The molecule has 0 bridgehead atoms. The number of carbonyl (C=O) groups is 1. The van der Waals surface area contributed by atoms with E-state index in [4.69, 9.17) is 21.7 Å². The van der Waals surface area contributed by atoms with Crippen LogP contribution in [0.25, 0.3) is 6.08 Å². The highest BCUT2D eigenvalue weighted by Crippen LogP contribution is 2.31. The third kappa shape index (κ3) is 3.68. The lowest BCUT2D eigenvalue weighted by Gasteiger charge is -2.13. The van der Waals surface area contributed by atoms with E-state index >= 15 is 0 Å². The van der Waals surface area contributed by atoms with Gasteiger partial charge in [0.05, 0.1) is 18.7 Å². The smallest absolute Gasteiger partial charge is 0.276 e. The van der Waals surface area contributed by atoms with E-state index in [-0.39, 0.29) is 12.5 Å². The van der Waals surface area contributed by atoms with Crippen LogP contribution in [-0.2, 0) is 11.4 Å². The van der Waals surface area contributed by atoms with Crippen molar-refractivity contribution in [2.24, 2.45) is 0 Å². The van der Waals surface area contributed by atoms with Crippen molar-refractivity contribution >= 4 is 29.3 Å². The Morgan fingerprint density at radius 1 is 1.14 bits per heavy atom. The molecule has 0 saturated carbocycles. The summed E-state index contributed by atoms with van der Waals surface area (Å²) in [5.74, 6) is 0.934. The maximum Gasteiger partial charge on any atom is 0.276 e.